The fourth-order valence-corrected chi connectivity index (χ4v) is 5.53. The van der Waals surface area contributed by atoms with E-state index < -0.39 is 5.91 Å². The third kappa shape index (κ3) is 2.84. The summed E-state index contributed by atoms with van der Waals surface area (Å²) in [6.07, 6.45) is 11.0. The van der Waals surface area contributed by atoms with Crippen LogP contribution in [0.15, 0.2) is 24.5 Å². The standard InChI is InChI=1S/C18H23N3O2/c19-17(23)15-2-1-3-21(10-15)11-16(22)20-18-7-12-4-13(8-18)6-14(5-12)9-18/h1-3,10,12-14H,4-9,11H2,(H2-,19,20,22,23)/p+1. The lowest BCUT2D eigenvalue weighted by atomic mass is 9.53. The van der Waals surface area contributed by atoms with Gasteiger partial charge in [-0.25, -0.2) is 0 Å². The topological polar surface area (TPSA) is 76.1 Å². The Balaban J connectivity index is 1.44. The summed E-state index contributed by atoms with van der Waals surface area (Å²) in [5, 5.41) is 3.35. The fraction of sp³-hybridized carbons (Fsp3) is 0.611. The Morgan fingerprint density at radius 1 is 1.17 bits per heavy atom. The van der Waals surface area contributed by atoms with Crippen LogP contribution in [0.3, 0.4) is 0 Å². The fourth-order valence-electron chi connectivity index (χ4n) is 5.53. The first-order valence-corrected chi connectivity index (χ1v) is 8.61. The molecule has 1 heterocycles. The van der Waals surface area contributed by atoms with Gasteiger partial charge in [0.15, 0.2) is 12.4 Å². The van der Waals surface area contributed by atoms with Gasteiger partial charge in [0, 0.05) is 11.6 Å². The molecule has 0 atom stereocenters. The van der Waals surface area contributed by atoms with Gasteiger partial charge in [-0.15, -0.1) is 0 Å². The molecule has 1 aromatic rings. The second-order valence-electron chi connectivity index (χ2n) is 7.88. The number of amides is 2. The molecule has 0 saturated heterocycles. The van der Waals surface area contributed by atoms with Gasteiger partial charge < -0.3 is 11.1 Å². The SMILES string of the molecule is NC(=O)c1ccc[n+](CC(=O)NC23CC4CC(CC(C4)C2)C3)c1. The van der Waals surface area contributed by atoms with Gasteiger partial charge in [0.1, 0.15) is 5.56 Å². The first kappa shape index (κ1) is 14.7. The zero-order valence-corrected chi connectivity index (χ0v) is 13.3. The predicted octanol–water partition coefficient (Wildman–Crippen LogP) is 1.16. The Morgan fingerprint density at radius 3 is 2.35 bits per heavy atom. The summed E-state index contributed by atoms with van der Waals surface area (Å²) in [5.41, 5.74) is 5.76. The highest BCUT2D eigenvalue weighted by atomic mass is 16.2. The number of carbonyl (C=O) groups excluding carboxylic acids is 2. The number of rotatable bonds is 4. The summed E-state index contributed by atoms with van der Waals surface area (Å²) in [7, 11) is 0. The van der Waals surface area contributed by atoms with Crippen LogP contribution < -0.4 is 15.6 Å². The number of nitrogens with one attached hydrogen (secondary N) is 1. The summed E-state index contributed by atoms with van der Waals surface area (Å²) in [6.45, 7) is 0.239. The molecule has 4 saturated carbocycles. The number of hydrogen-bond donors (Lipinski definition) is 2. The van der Waals surface area contributed by atoms with E-state index in [4.69, 9.17) is 5.73 Å². The van der Waals surface area contributed by atoms with Crippen molar-refractivity contribution in [3.8, 4) is 0 Å². The summed E-state index contributed by atoms with van der Waals surface area (Å²) < 4.78 is 1.73. The minimum Gasteiger partial charge on any atom is -0.365 e. The molecule has 5 rings (SSSR count). The number of nitrogens with two attached hydrogens (primary N) is 1. The highest BCUT2D eigenvalue weighted by Crippen LogP contribution is 2.55. The molecule has 122 valence electrons. The van der Waals surface area contributed by atoms with Crippen molar-refractivity contribution >= 4 is 11.8 Å². The van der Waals surface area contributed by atoms with Gasteiger partial charge >= 0.3 is 0 Å². The summed E-state index contributed by atoms with van der Waals surface area (Å²) in [4.78, 5) is 23.8. The minimum absolute atomic E-state index is 0.0354. The monoisotopic (exact) mass is 314 g/mol. The number of hydrogen-bond acceptors (Lipinski definition) is 2. The van der Waals surface area contributed by atoms with Gasteiger partial charge in [-0.1, -0.05) is 0 Å². The normalized spacial score (nSPS) is 34.3. The minimum atomic E-state index is -0.471. The van der Waals surface area contributed by atoms with E-state index in [0.29, 0.717) is 5.56 Å². The van der Waals surface area contributed by atoms with Crippen molar-refractivity contribution < 1.29 is 14.2 Å². The van der Waals surface area contributed by atoms with Crippen LogP contribution in [-0.2, 0) is 11.3 Å². The number of pyridine rings is 1. The Kier molecular flexibility index (Phi) is 3.39. The molecule has 1 aromatic heterocycles. The predicted molar refractivity (Wildman–Crippen MR) is 84.2 cm³/mol. The van der Waals surface area contributed by atoms with Crippen LogP contribution in [-0.4, -0.2) is 17.4 Å². The summed E-state index contributed by atoms with van der Waals surface area (Å²) >= 11 is 0. The van der Waals surface area contributed by atoms with Crippen LogP contribution in [0.4, 0.5) is 0 Å². The first-order chi connectivity index (χ1) is 11.0. The van der Waals surface area contributed by atoms with Crippen LogP contribution in [0.5, 0.6) is 0 Å². The average Bonchev–Trinajstić information content (AvgIpc) is 2.45. The highest BCUT2D eigenvalue weighted by Gasteiger charge is 2.51. The van der Waals surface area contributed by atoms with Crippen LogP contribution >= 0.6 is 0 Å². The number of nitrogens with zero attached hydrogens (tertiary/aromatic N) is 1. The summed E-state index contributed by atoms with van der Waals surface area (Å²) in [6, 6.07) is 3.41. The molecule has 0 unspecified atom stereocenters. The number of primary amides is 1. The molecular weight excluding hydrogens is 290 g/mol. The van der Waals surface area contributed by atoms with E-state index in [1.54, 1.807) is 29.1 Å². The van der Waals surface area contributed by atoms with E-state index in [0.717, 1.165) is 37.0 Å². The second-order valence-corrected chi connectivity index (χ2v) is 7.88. The molecule has 0 spiro atoms. The average molecular weight is 314 g/mol. The first-order valence-electron chi connectivity index (χ1n) is 8.61. The lowest BCUT2D eigenvalue weighted by Crippen LogP contribution is -2.61. The summed E-state index contributed by atoms with van der Waals surface area (Å²) in [5.74, 6) is 2.01. The molecule has 4 aliphatic rings. The van der Waals surface area contributed by atoms with Crippen molar-refractivity contribution in [3.63, 3.8) is 0 Å². The molecule has 5 nitrogen and oxygen atoms in total. The molecule has 4 aliphatic carbocycles. The molecule has 4 fully saturated rings. The number of aromatic nitrogens is 1. The van der Waals surface area contributed by atoms with Gasteiger partial charge in [0.05, 0.1) is 0 Å². The lowest BCUT2D eigenvalue weighted by Gasteiger charge is -2.56. The van der Waals surface area contributed by atoms with Crippen LogP contribution in [0.25, 0.3) is 0 Å². The van der Waals surface area contributed by atoms with Crippen LogP contribution in [0.2, 0.25) is 0 Å². The van der Waals surface area contributed by atoms with Crippen molar-refractivity contribution in [2.24, 2.45) is 23.5 Å². The molecule has 3 N–H and O–H groups in total. The van der Waals surface area contributed by atoms with Crippen molar-refractivity contribution in [2.45, 2.75) is 50.6 Å². The second kappa shape index (κ2) is 5.32. The molecule has 2 amide bonds. The van der Waals surface area contributed by atoms with Gasteiger partial charge in [-0.2, -0.15) is 4.57 Å². The molecule has 5 heteroatoms. The van der Waals surface area contributed by atoms with Crippen molar-refractivity contribution in [1.82, 2.24) is 5.32 Å². The van der Waals surface area contributed by atoms with Crippen LogP contribution in [0, 0.1) is 17.8 Å². The smallest absolute Gasteiger partial charge is 0.286 e. The molecule has 0 radical (unpaired) electrons. The van der Waals surface area contributed by atoms with Crippen molar-refractivity contribution in [1.29, 1.82) is 0 Å². The Morgan fingerprint density at radius 2 is 1.78 bits per heavy atom. The molecule has 23 heavy (non-hydrogen) atoms. The molecule has 0 aromatic carbocycles. The van der Waals surface area contributed by atoms with E-state index >= 15 is 0 Å². The van der Waals surface area contributed by atoms with Gasteiger partial charge in [-0.3, -0.25) is 9.59 Å². The largest absolute Gasteiger partial charge is 0.365 e. The van der Waals surface area contributed by atoms with Gasteiger partial charge in [-0.05, 0) is 62.3 Å². The van der Waals surface area contributed by atoms with E-state index in [1.165, 1.54) is 19.3 Å². The van der Waals surface area contributed by atoms with E-state index in [2.05, 4.69) is 5.32 Å². The molecule has 0 aliphatic heterocycles. The van der Waals surface area contributed by atoms with E-state index in [-0.39, 0.29) is 18.0 Å². The van der Waals surface area contributed by atoms with E-state index in [9.17, 15) is 9.59 Å². The molecular formula is C18H24N3O2+. The number of carbonyl (C=O) groups is 2. The maximum atomic E-state index is 12.5. The zero-order valence-electron chi connectivity index (χ0n) is 13.3. The third-order valence-corrected chi connectivity index (χ3v) is 5.91. The molecule has 4 bridgehead atoms. The Hall–Kier alpha value is -1.91. The quantitative estimate of drug-likeness (QED) is 0.818. The van der Waals surface area contributed by atoms with E-state index in [1.807, 2.05) is 0 Å². The maximum Gasteiger partial charge on any atom is 0.286 e. The van der Waals surface area contributed by atoms with Gasteiger partial charge in [0.25, 0.3) is 11.8 Å². The lowest BCUT2D eigenvalue weighted by molar-refractivity contribution is -0.684. The van der Waals surface area contributed by atoms with Crippen molar-refractivity contribution in [2.75, 3.05) is 0 Å². The Bertz CT molecular complexity index is 620. The highest BCUT2D eigenvalue weighted by molar-refractivity contribution is 5.92. The zero-order chi connectivity index (χ0) is 16.0. The van der Waals surface area contributed by atoms with Gasteiger partial charge in [0.2, 0.25) is 6.54 Å². The third-order valence-electron chi connectivity index (χ3n) is 5.91. The van der Waals surface area contributed by atoms with Crippen molar-refractivity contribution in [3.05, 3.63) is 30.1 Å². The Labute approximate surface area is 136 Å². The van der Waals surface area contributed by atoms with Crippen LogP contribution in [0.1, 0.15) is 48.9 Å². The maximum absolute atomic E-state index is 12.5.